The van der Waals surface area contributed by atoms with Crippen molar-refractivity contribution < 1.29 is 0 Å². The quantitative estimate of drug-likeness (QED) is 0.843. The highest BCUT2D eigenvalue weighted by molar-refractivity contribution is 9.10. The summed E-state index contributed by atoms with van der Waals surface area (Å²) in [6, 6.07) is 0. The Morgan fingerprint density at radius 3 is 2.79 bits per heavy atom. The summed E-state index contributed by atoms with van der Waals surface area (Å²) in [5.41, 5.74) is 1.26. The van der Waals surface area contributed by atoms with E-state index in [0.29, 0.717) is 0 Å². The van der Waals surface area contributed by atoms with Gasteiger partial charge in [0.15, 0.2) is 4.73 Å². The predicted molar refractivity (Wildman–Crippen MR) is 59.1 cm³/mol. The Balaban J connectivity index is 1.99. The molecule has 2 heterocycles. The molecule has 1 aliphatic heterocycles. The van der Waals surface area contributed by atoms with Crippen molar-refractivity contribution in [2.24, 2.45) is 7.05 Å². The zero-order chi connectivity index (χ0) is 9.97. The molecule has 14 heavy (non-hydrogen) atoms. The molecule has 0 saturated carbocycles. The molecule has 1 aliphatic rings. The van der Waals surface area contributed by atoms with Gasteiger partial charge in [-0.1, -0.05) is 0 Å². The van der Waals surface area contributed by atoms with E-state index in [4.69, 9.17) is 0 Å². The molecule has 0 aliphatic carbocycles. The average molecular weight is 259 g/mol. The molecule has 1 aromatic heterocycles. The molecule has 1 N–H and O–H groups in total. The predicted octanol–water partition coefficient (Wildman–Crippen LogP) is 0.588. The van der Waals surface area contributed by atoms with E-state index >= 15 is 0 Å². The number of hydrogen-bond donors (Lipinski definition) is 1. The van der Waals surface area contributed by atoms with Crippen LogP contribution < -0.4 is 5.32 Å². The first kappa shape index (κ1) is 10.1. The highest BCUT2D eigenvalue weighted by Crippen LogP contribution is 2.11. The van der Waals surface area contributed by atoms with Gasteiger partial charge in [0.1, 0.15) is 0 Å². The van der Waals surface area contributed by atoms with E-state index in [-0.39, 0.29) is 0 Å². The Morgan fingerprint density at radius 2 is 2.21 bits per heavy atom. The maximum Gasteiger partial charge on any atom is 0.177 e. The molecule has 4 nitrogen and oxygen atoms in total. The molecule has 5 heteroatoms. The minimum absolute atomic E-state index is 0.905. The molecule has 0 bridgehead atoms. The van der Waals surface area contributed by atoms with Gasteiger partial charge in [-0.2, -0.15) is 0 Å². The molecule has 0 aromatic carbocycles. The van der Waals surface area contributed by atoms with Crippen molar-refractivity contribution in [3.63, 3.8) is 0 Å². The summed E-state index contributed by atoms with van der Waals surface area (Å²) in [6.07, 6.45) is 1.94. The minimum atomic E-state index is 0.905. The van der Waals surface area contributed by atoms with Crippen LogP contribution in [-0.4, -0.2) is 40.6 Å². The second kappa shape index (κ2) is 4.42. The van der Waals surface area contributed by atoms with Crippen LogP contribution in [0.15, 0.2) is 10.9 Å². The first-order chi connectivity index (χ1) is 6.77. The number of piperazine rings is 1. The topological polar surface area (TPSA) is 33.1 Å². The van der Waals surface area contributed by atoms with Crippen molar-refractivity contribution in [1.82, 2.24) is 19.8 Å². The zero-order valence-electron chi connectivity index (χ0n) is 8.33. The van der Waals surface area contributed by atoms with Crippen molar-refractivity contribution in [2.45, 2.75) is 6.54 Å². The second-order valence-electron chi connectivity index (χ2n) is 3.60. The molecule has 1 aromatic rings. The normalized spacial score (nSPS) is 18.7. The zero-order valence-corrected chi connectivity index (χ0v) is 9.92. The van der Waals surface area contributed by atoms with Gasteiger partial charge in [-0.05, 0) is 15.9 Å². The van der Waals surface area contributed by atoms with Crippen LogP contribution >= 0.6 is 15.9 Å². The third kappa shape index (κ3) is 2.16. The third-order valence-corrected chi connectivity index (χ3v) is 3.36. The van der Waals surface area contributed by atoms with Crippen molar-refractivity contribution in [3.05, 3.63) is 16.6 Å². The maximum absolute atomic E-state index is 4.22. The lowest BCUT2D eigenvalue weighted by Crippen LogP contribution is -2.43. The maximum atomic E-state index is 4.22. The Labute approximate surface area is 92.4 Å². The fourth-order valence-electron chi connectivity index (χ4n) is 1.66. The summed E-state index contributed by atoms with van der Waals surface area (Å²) < 4.78 is 2.99. The molecule has 0 unspecified atom stereocenters. The molecule has 1 fully saturated rings. The Kier molecular flexibility index (Phi) is 3.20. The molecule has 0 amide bonds. The van der Waals surface area contributed by atoms with Gasteiger partial charge >= 0.3 is 0 Å². The van der Waals surface area contributed by atoms with Crippen molar-refractivity contribution in [3.8, 4) is 0 Å². The summed E-state index contributed by atoms with van der Waals surface area (Å²) in [6.45, 7) is 5.44. The van der Waals surface area contributed by atoms with E-state index in [1.807, 2.05) is 13.2 Å². The molecule has 0 atom stereocenters. The molecule has 1 saturated heterocycles. The van der Waals surface area contributed by atoms with Crippen LogP contribution in [0.25, 0.3) is 0 Å². The Bertz CT molecular complexity index is 304. The number of halogens is 1. The molecule has 0 spiro atoms. The van der Waals surface area contributed by atoms with E-state index in [9.17, 15) is 0 Å². The highest BCUT2D eigenvalue weighted by atomic mass is 79.9. The lowest BCUT2D eigenvalue weighted by molar-refractivity contribution is 0.228. The summed E-state index contributed by atoms with van der Waals surface area (Å²) in [7, 11) is 2.04. The SMILES string of the molecule is Cn1c(CN2CCNCC2)cnc1Br. The average Bonchev–Trinajstić information content (AvgIpc) is 2.52. The fraction of sp³-hybridized carbons (Fsp3) is 0.667. The van der Waals surface area contributed by atoms with Crippen LogP contribution in [0.2, 0.25) is 0 Å². The van der Waals surface area contributed by atoms with Gasteiger partial charge in [0.25, 0.3) is 0 Å². The molecular weight excluding hydrogens is 244 g/mol. The van der Waals surface area contributed by atoms with E-state index in [1.165, 1.54) is 5.69 Å². The minimum Gasteiger partial charge on any atom is -0.325 e. The third-order valence-electron chi connectivity index (χ3n) is 2.62. The molecule has 78 valence electrons. The van der Waals surface area contributed by atoms with E-state index in [1.54, 1.807) is 0 Å². The first-order valence-corrected chi connectivity index (χ1v) is 5.66. The number of nitrogens with zero attached hydrogens (tertiary/aromatic N) is 3. The number of hydrogen-bond acceptors (Lipinski definition) is 3. The summed E-state index contributed by atoms with van der Waals surface area (Å²) in [5, 5.41) is 3.35. The van der Waals surface area contributed by atoms with E-state index in [0.717, 1.165) is 37.5 Å². The summed E-state index contributed by atoms with van der Waals surface area (Å²) in [5.74, 6) is 0. The summed E-state index contributed by atoms with van der Waals surface area (Å²) >= 11 is 3.40. The van der Waals surface area contributed by atoms with Gasteiger partial charge in [-0.25, -0.2) is 4.98 Å². The number of rotatable bonds is 2. The van der Waals surface area contributed by atoms with E-state index in [2.05, 4.69) is 35.7 Å². The van der Waals surface area contributed by atoms with E-state index < -0.39 is 0 Å². The van der Waals surface area contributed by atoms with Gasteiger partial charge in [-0.15, -0.1) is 0 Å². The van der Waals surface area contributed by atoms with Crippen molar-refractivity contribution in [1.29, 1.82) is 0 Å². The largest absolute Gasteiger partial charge is 0.325 e. The number of aromatic nitrogens is 2. The van der Waals surface area contributed by atoms with Gasteiger partial charge in [0, 0.05) is 39.8 Å². The van der Waals surface area contributed by atoms with Crippen LogP contribution in [0, 0.1) is 0 Å². The summed E-state index contributed by atoms with van der Waals surface area (Å²) in [4.78, 5) is 6.66. The number of imidazole rings is 1. The lowest BCUT2D eigenvalue weighted by atomic mass is 10.3. The smallest absolute Gasteiger partial charge is 0.177 e. The van der Waals surface area contributed by atoms with Gasteiger partial charge in [0.05, 0.1) is 11.9 Å². The molecule has 0 radical (unpaired) electrons. The first-order valence-electron chi connectivity index (χ1n) is 4.86. The second-order valence-corrected chi connectivity index (χ2v) is 4.31. The van der Waals surface area contributed by atoms with Crippen LogP contribution in [0.3, 0.4) is 0 Å². The fourth-order valence-corrected chi connectivity index (χ4v) is 1.99. The van der Waals surface area contributed by atoms with Crippen LogP contribution in [-0.2, 0) is 13.6 Å². The lowest BCUT2D eigenvalue weighted by Gasteiger charge is -2.26. The number of nitrogens with one attached hydrogen (secondary N) is 1. The van der Waals surface area contributed by atoms with Gasteiger partial charge in [0.2, 0.25) is 0 Å². The van der Waals surface area contributed by atoms with Gasteiger partial charge < -0.3 is 9.88 Å². The van der Waals surface area contributed by atoms with Crippen LogP contribution in [0.4, 0.5) is 0 Å². The van der Waals surface area contributed by atoms with Crippen LogP contribution in [0.5, 0.6) is 0 Å². The standard InChI is InChI=1S/C9H15BrN4/c1-13-8(6-12-9(13)10)7-14-4-2-11-3-5-14/h6,11H,2-5,7H2,1H3. The molecule has 2 rings (SSSR count). The highest BCUT2D eigenvalue weighted by Gasteiger charge is 2.12. The Morgan fingerprint density at radius 1 is 1.50 bits per heavy atom. The van der Waals surface area contributed by atoms with Crippen molar-refractivity contribution >= 4 is 15.9 Å². The van der Waals surface area contributed by atoms with Gasteiger partial charge in [-0.3, -0.25) is 4.90 Å². The monoisotopic (exact) mass is 258 g/mol. The van der Waals surface area contributed by atoms with Crippen molar-refractivity contribution in [2.75, 3.05) is 26.2 Å². The Hall–Kier alpha value is -0.390. The molecular formula is C9H15BrN4. The van der Waals surface area contributed by atoms with Crippen LogP contribution in [0.1, 0.15) is 5.69 Å².